The third-order valence-electron chi connectivity index (χ3n) is 4.41. The van der Waals surface area contributed by atoms with Gasteiger partial charge in [-0.05, 0) is 50.6 Å². The highest BCUT2D eigenvalue weighted by Crippen LogP contribution is 2.11. The molecule has 0 spiro atoms. The number of carbonyl (C=O) groups is 1. The fraction of sp³-hybridized carbons (Fsp3) is 0.579. The Hall–Kier alpha value is -0.870. The van der Waals surface area contributed by atoms with E-state index in [0.717, 1.165) is 36.5 Å². The Balaban J connectivity index is 0.00000364. The van der Waals surface area contributed by atoms with E-state index in [2.05, 4.69) is 41.8 Å². The van der Waals surface area contributed by atoms with Crippen LogP contribution in [0.5, 0.6) is 0 Å². The number of nitrogens with one attached hydrogen (secondary N) is 3. The molecule has 0 atom stereocenters. The minimum absolute atomic E-state index is 0. The number of carbonyl (C=O) groups excluding carboxylic acids is 1. The van der Waals surface area contributed by atoms with Crippen molar-refractivity contribution in [3.8, 4) is 0 Å². The summed E-state index contributed by atoms with van der Waals surface area (Å²) in [7, 11) is 1.78. The van der Waals surface area contributed by atoms with E-state index >= 15 is 0 Å². The van der Waals surface area contributed by atoms with Crippen LogP contribution in [0.1, 0.15) is 36.0 Å². The lowest BCUT2D eigenvalue weighted by Crippen LogP contribution is -2.43. The Kier molecular flexibility index (Phi) is 12.7. The molecule has 0 bridgehead atoms. The summed E-state index contributed by atoms with van der Waals surface area (Å²) in [6.45, 7) is 5.78. The highest BCUT2D eigenvalue weighted by Gasteiger charge is 2.09. The Labute approximate surface area is 188 Å². The highest BCUT2D eigenvalue weighted by molar-refractivity contribution is 14.0. The predicted octanol–water partition coefficient (Wildman–Crippen LogP) is 2.84. The van der Waals surface area contributed by atoms with Crippen molar-refractivity contribution in [1.82, 2.24) is 20.9 Å². The van der Waals surface area contributed by atoms with Crippen LogP contribution in [0.2, 0.25) is 0 Å². The third-order valence-corrected chi connectivity index (χ3v) is 4.90. The van der Waals surface area contributed by atoms with Crippen molar-refractivity contribution in [1.29, 1.82) is 0 Å². The maximum absolute atomic E-state index is 12.0. The average molecular weight is 552 g/mol. The van der Waals surface area contributed by atoms with Gasteiger partial charge in [-0.1, -0.05) is 28.4 Å². The highest BCUT2D eigenvalue weighted by atomic mass is 127. The van der Waals surface area contributed by atoms with Gasteiger partial charge in [0.25, 0.3) is 5.91 Å². The molecule has 6 nitrogen and oxygen atoms in total. The molecule has 8 heteroatoms. The largest absolute Gasteiger partial charge is 0.356 e. The van der Waals surface area contributed by atoms with Crippen LogP contribution in [0.15, 0.2) is 33.7 Å². The molecule has 1 heterocycles. The van der Waals surface area contributed by atoms with E-state index in [1.807, 2.05) is 24.3 Å². The van der Waals surface area contributed by atoms with Crippen LogP contribution in [0.25, 0.3) is 0 Å². The standard InChI is InChI=1S/C19H30BrN5O.HI/c1-21-19(24-11-14-25-12-3-2-4-13-25)23-10-6-9-22-18(26)16-7-5-8-17(20)15-16;/h5,7-8,15H,2-4,6,9-14H2,1H3,(H,22,26)(H2,21,23,24);1H. The predicted molar refractivity (Wildman–Crippen MR) is 126 cm³/mol. The summed E-state index contributed by atoms with van der Waals surface area (Å²) in [6.07, 6.45) is 4.84. The molecule has 1 aromatic rings. The van der Waals surface area contributed by atoms with Crippen molar-refractivity contribution in [2.24, 2.45) is 4.99 Å². The lowest BCUT2D eigenvalue weighted by Gasteiger charge is -2.26. The van der Waals surface area contributed by atoms with E-state index in [-0.39, 0.29) is 29.9 Å². The average Bonchev–Trinajstić information content (AvgIpc) is 2.67. The molecule has 1 aliphatic heterocycles. The van der Waals surface area contributed by atoms with E-state index in [4.69, 9.17) is 0 Å². The first-order valence-corrected chi connectivity index (χ1v) is 10.2. The molecule has 3 N–H and O–H groups in total. The van der Waals surface area contributed by atoms with E-state index in [9.17, 15) is 4.79 Å². The monoisotopic (exact) mass is 551 g/mol. The molecular formula is C19H31BrIN5O. The number of likely N-dealkylation sites (tertiary alicyclic amines) is 1. The molecule has 0 unspecified atom stereocenters. The second-order valence-electron chi connectivity index (χ2n) is 6.45. The minimum Gasteiger partial charge on any atom is -0.356 e. The van der Waals surface area contributed by atoms with Gasteiger partial charge in [0.1, 0.15) is 0 Å². The van der Waals surface area contributed by atoms with Crippen LogP contribution in [-0.4, -0.2) is 63.1 Å². The zero-order valence-corrected chi connectivity index (χ0v) is 19.9. The summed E-state index contributed by atoms with van der Waals surface area (Å²) in [5.41, 5.74) is 0.669. The quantitative estimate of drug-likeness (QED) is 0.201. The summed E-state index contributed by atoms with van der Waals surface area (Å²) in [4.78, 5) is 18.8. The number of hydrogen-bond donors (Lipinski definition) is 3. The minimum atomic E-state index is -0.0460. The number of guanidine groups is 1. The number of piperidine rings is 1. The van der Waals surface area contributed by atoms with Gasteiger partial charge < -0.3 is 20.9 Å². The zero-order chi connectivity index (χ0) is 18.6. The second kappa shape index (κ2) is 14.2. The second-order valence-corrected chi connectivity index (χ2v) is 7.36. The third kappa shape index (κ3) is 9.75. The van der Waals surface area contributed by atoms with Gasteiger partial charge >= 0.3 is 0 Å². The number of benzene rings is 1. The van der Waals surface area contributed by atoms with Crippen molar-refractivity contribution < 1.29 is 4.79 Å². The Morgan fingerprint density at radius 2 is 1.81 bits per heavy atom. The topological polar surface area (TPSA) is 68.8 Å². The fourth-order valence-electron chi connectivity index (χ4n) is 2.96. The number of halogens is 2. The van der Waals surface area contributed by atoms with Gasteiger partial charge in [-0.3, -0.25) is 9.79 Å². The van der Waals surface area contributed by atoms with Crippen LogP contribution in [-0.2, 0) is 0 Å². The van der Waals surface area contributed by atoms with Crippen LogP contribution < -0.4 is 16.0 Å². The molecule has 27 heavy (non-hydrogen) atoms. The zero-order valence-electron chi connectivity index (χ0n) is 16.0. The summed E-state index contributed by atoms with van der Waals surface area (Å²) in [6, 6.07) is 7.40. The summed E-state index contributed by atoms with van der Waals surface area (Å²) in [5, 5.41) is 9.58. The molecule has 0 aromatic heterocycles. The molecule has 2 rings (SSSR count). The number of nitrogens with zero attached hydrogens (tertiary/aromatic N) is 2. The van der Waals surface area contributed by atoms with Crippen LogP contribution >= 0.6 is 39.9 Å². The van der Waals surface area contributed by atoms with Gasteiger partial charge in [0.15, 0.2) is 5.96 Å². The molecule has 1 amide bonds. The number of aliphatic imine (C=N–C) groups is 1. The summed E-state index contributed by atoms with van der Waals surface area (Å²) >= 11 is 3.38. The molecule has 152 valence electrons. The first-order chi connectivity index (χ1) is 12.7. The van der Waals surface area contributed by atoms with Crippen molar-refractivity contribution in [2.45, 2.75) is 25.7 Å². The van der Waals surface area contributed by atoms with Gasteiger partial charge in [0.2, 0.25) is 0 Å². The van der Waals surface area contributed by atoms with Crippen LogP contribution in [0, 0.1) is 0 Å². The van der Waals surface area contributed by atoms with Gasteiger partial charge in [-0.2, -0.15) is 0 Å². The fourth-order valence-corrected chi connectivity index (χ4v) is 3.36. The molecule has 0 radical (unpaired) electrons. The van der Waals surface area contributed by atoms with Gasteiger partial charge in [0, 0.05) is 43.3 Å². The number of hydrogen-bond acceptors (Lipinski definition) is 3. The van der Waals surface area contributed by atoms with E-state index in [1.165, 1.54) is 32.4 Å². The van der Waals surface area contributed by atoms with Crippen molar-refractivity contribution in [3.05, 3.63) is 34.3 Å². The van der Waals surface area contributed by atoms with E-state index in [1.54, 1.807) is 7.05 Å². The normalized spacial score (nSPS) is 15.0. The maximum atomic E-state index is 12.0. The smallest absolute Gasteiger partial charge is 0.251 e. The molecule has 0 saturated carbocycles. The Bertz CT molecular complexity index is 593. The Morgan fingerprint density at radius 3 is 2.52 bits per heavy atom. The summed E-state index contributed by atoms with van der Waals surface area (Å²) in [5.74, 6) is 0.774. The molecule has 1 saturated heterocycles. The van der Waals surface area contributed by atoms with Crippen molar-refractivity contribution in [3.63, 3.8) is 0 Å². The number of rotatable bonds is 8. The lowest BCUT2D eigenvalue weighted by atomic mass is 10.1. The molecule has 1 aromatic carbocycles. The molecular weight excluding hydrogens is 521 g/mol. The SMILES string of the molecule is CN=C(NCCCNC(=O)c1cccc(Br)c1)NCCN1CCCCC1.I. The van der Waals surface area contributed by atoms with Crippen LogP contribution in [0.4, 0.5) is 0 Å². The first-order valence-electron chi connectivity index (χ1n) is 9.39. The van der Waals surface area contributed by atoms with Gasteiger partial charge in [-0.25, -0.2) is 0 Å². The molecule has 1 fully saturated rings. The van der Waals surface area contributed by atoms with Gasteiger partial charge in [0.05, 0.1) is 0 Å². The lowest BCUT2D eigenvalue weighted by molar-refractivity contribution is 0.0953. The van der Waals surface area contributed by atoms with Gasteiger partial charge in [-0.15, -0.1) is 24.0 Å². The van der Waals surface area contributed by atoms with Crippen molar-refractivity contribution >= 4 is 51.8 Å². The van der Waals surface area contributed by atoms with E-state index < -0.39 is 0 Å². The first kappa shape index (κ1) is 24.2. The Morgan fingerprint density at radius 1 is 1.11 bits per heavy atom. The summed E-state index contributed by atoms with van der Waals surface area (Å²) < 4.78 is 0.909. The van der Waals surface area contributed by atoms with Crippen LogP contribution in [0.3, 0.4) is 0 Å². The maximum Gasteiger partial charge on any atom is 0.251 e. The van der Waals surface area contributed by atoms with E-state index in [0.29, 0.717) is 12.1 Å². The molecule has 0 aliphatic carbocycles. The number of amides is 1. The van der Waals surface area contributed by atoms with Crippen molar-refractivity contribution in [2.75, 3.05) is 46.3 Å². The molecule has 1 aliphatic rings.